The van der Waals surface area contributed by atoms with Crippen LogP contribution in [0.25, 0.3) is 0 Å². The number of nitrogens with one attached hydrogen (secondary N) is 2. The number of ether oxygens (including phenoxy) is 1. The SMILES string of the molecule is COC(=O)/C(C=N)=N/NC1CC1. The fourth-order valence-corrected chi connectivity index (χ4v) is 0.615. The molecule has 0 saturated heterocycles. The van der Waals surface area contributed by atoms with Gasteiger partial charge in [-0.25, -0.2) is 4.79 Å². The van der Waals surface area contributed by atoms with Gasteiger partial charge in [-0.15, -0.1) is 0 Å². The topological polar surface area (TPSA) is 74.5 Å². The van der Waals surface area contributed by atoms with Crippen LogP contribution in [-0.4, -0.2) is 31.0 Å². The highest BCUT2D eigenvalue weighted by Crippen LogP contribution is 2.18. The van der Waals surface area contributed by atoms with Crippen LogP contribution in [0.15, 0.2) is 5.10 Å². The lowest BCUT2D eigenvalue weighted by Crippen LogP contribution is -2.21. The zero-order valence-electron chi connectivity index (χ0n) is 6.83. The second kappa shape index (κ2) is 3.85. The predicted molar refractivity (Wildman–Crippen MR) is 44.4 cm³/mol. The molecular weight excluding hydrogens is 158 g/mol. The van der Waals surface area contributed by atoms with Gasteiger partial charge in [0.05, 0.1) is 13.3 Å². The molecule has 0 aromatic heterocycles. The van der Waals surface area contributed by atoms with Crippen molar-refractivity contribution in [1.82, 2.24) is 5.43 Å². The van der Waals surface area contributed by atoms with Crippen LogP contribution >= 0.6 is 0 Å². The molecule has 66 valence electrons. The fourth-order valence-electron chi connectivity index (χ4n) is 0.615. The average Bonchev–Trinajstić information content (AvgIpc) is 2.88. The summed E-state index contributed by atoms with van der Waals surface area (Å²) in [6.07, 6.45) is 3.03. The first-order valence-electron chi connectivity index (χ1n) is 3.70. The third kappa shape index (κ3) is 2.34. The summed E-state index contributed by atoms with van der Waals surface area (Å²) in [7, 11) is 1.26. The molecule has 5 heteroatoms. The number of carbonyl (C=O) groups is 1. The van der Waals surface area contributed by atoms with Crippen molar-refractivity contribution in [2.45, 2.75) is 18.9 Å². The van der Waals surface area contributed by atoms with Gasteiger partial charge in [0.15, 0.2) is 5.71 Å². The quantitative estimate of drug-likeness (QED) is 0.351. The van der Waals surface area contributed by atoms with Crippen LogP contribution in [0.3, 0.4) is 0 Å². The molecule has 0 heterocycles. The highest BCUT2D eigenvalue weighted by atomic mass is 16.5. The van der Waals surface area contributed by atoms with Crippen molar-refractivity contribution in [3.63, 3.8) is 0 Å². The highest BCUT2D eigenvalue weighted by molar-refractivity contribution is 6.58. The van der Waals surface area contributed by atoms with Crippen molar-refractivity contribution in [3.05, 3.63) is 0 Å². The summed E-state index contributed by atoms with van der Waals surface area (Å²) >= 11 is 0. The molecule has 12 heavy (non-hydrogen) atoms. The van der Waals surface area contributed by atoms with Crippen molar-refractivity contribution < 1.29 is 9.53 Å². The molecule has 0 aromatic carbocycles. The summed E-state index contributed by atoms with van der Waals surface area (Å²) in [6, 6.07) is 0.379. The minimum absolute atomic E-state index is 0.00407. The number of carbonyl (C=O) groups excluding carboxylic acids is 1. The van der Waals surface area contributed by atoms with E-state index in [0.717, 1.165) is 19.1 Å². The molecule has 2 N–H and O–H groups in total. The Kier molecular flexibility index (Phi) is 2.79. The van der Waals surface area contributed by atoms with E-state index in [2.05, 4.69) is 15.3 Å². The van der Waals surface area contributed by atoms with Gasteiger partial charge < -0.3 is 15.6 Å². The molecule has 0 bridgehead atoms. The largest absolute Gasteiger partial charge is 0.464 e. The third-order valence-electron chi connectivity index (χ3n) is 1.48. The van der Waals surface area contributed by atoms with Crippen LogP contribution in [0.2, 0.25) is 0 Å². The third-order valence-corrected chi connectivity index (χ3v) is 1.48. The first-order valence-corrected chi connectivity index (χ1v) is 3.70. The van der Waals surface area contributed by atoms with E-state index in [1.165, 1.54) is 7.11 Å². The zero-order chi connectivity index (χ0) is 8.97. The summed E-state index contributed by atoms with van der Waals surface area (Å²) in [5.74, 6) is -0.585. The first kappa shape index (κ1) is 8.70. The minimum atomic E-state index is -0.585. The Morgan fingerprint density at radius 1 is 1.75 bits per heavy atom. The van der Waals surface area contributed by atoms with Crippen LogP contribution in [0.1, 0.15) is 12.8 Å². The smallest absolute Gasteiger partial charge is 0.360 e. The van der Waals surface area contributed by atoms with Gasteiger partial charge in [-0.1, -0.05) is 0 Å². The Balaban J connectivity index is 2.45. The molecule has 1 aliphatic rings. The van der Waals surface area contributed by atoms with Crippen LogP contribution in [0, 0.1) is 5.41 Å². The maximum absolute atomic E-state index is 10.8. The molecule has 0 atom stereocenters. The number of methoxy groups -OCH3 is 1. The Labute approximate surface area is 70.3 Å². The molecule has 0 aliphatic heterocycles. The normalized spacial score (nSPS) is 16.9. The van der Waals surface area contributed by atoms with Gasteiger partial charge in [0, 0.05) is 6.04 Å². The van der Waals surface area contributed by atoms with Crippen LogP contribution in [-0.2, 0) is 9.53 Å². The zero-order valence-corrected chi connectivity index (χ0v) is 6.83. The number of nitrogens with zero attached hydrogens (tertiary/aromatic N) is 1. The highest BCUT2D eigenvalue weighted by Gasteiger charge is 2.20. The van der Waals surface area contributed by atoms with E-state index < -0.39 is 5.97 Å². The van der Waals surface area contributed by atoms with E-state index in [-0.39, 0.29) is 5.71 Å². The summed E-state index contributed by atoms with van der Waals surface area (Å²) < 4.78 is 4.39. The van der Waals surface area contributed by atoms with Gasteiger partial charge in [-0.2, -0.15) is 5.10 Å². The molecule has 0 radical (unpaired) electrons. The molecule has 0 unspecified atom stereocenters. The van der Waals surface area contributed by atoms with E-state index in [4.69, 9.17) is 5.41 Å². The van der Waals surface area contributed by atoms with Crippen molar-refractivity contribution in [2.24, 2.45) is 5.10 Å². The lowest BCUT2D eigenvalue weighted by molar-refractivity contribution is -0.132. The van der Waals surface area contributed by atoms with Gasteiger partial charge in [0.1, 0.15) is 0 Å². The molecule has 5 nitrogen and oxygen atoms in total. The van der Waals surface area contributed by atoms with Gasteiger partial charge >= 0.3 is 5.97 Å². The Bertz CT molecular complexity index is 221. The average molecular weight is 169 g/mol. The van der Waals surface area contributed by atoms with Gasteiger partial charge in [-0.05, 0) is 12.8 Å². The molecule has 0 spiro atoms. The second-order valence-electron chi connectivity index (χ2n) is 2.54. The number of hydrazone groups is 1. The van der Waals surface area contributed by atoms with E-state index >= 15 is 0 Å². The molecule has 1 aliphatic carbocycles. The predicted octanol–water partition coefficient (Wildman–Crippen LogP) is -0.0830. The molecule has 1 saturated carbocycles. The fraction of sp³-hybridized carbons (Fsp3) is 0.571. The first-order chi connectivity index (χ1) is 5.77. The van der Waals surface area contributed by atoms with Gasteiger partial charge in [0.2, 0.25) is 0 Å². The molecule has 0 amide bonds. The lowest BCUT2D eigenvalue weighted by atomic mass is 10.4. The maximum Gasteiger partial charge on any atom is 0.360 e. The van der Waals surface area contributed by atoms with Gasteiger partial charge in [-0.3, -0.25) is 0 Å². The van der Waals surface area contributed by atoms with Crippen molar-refractivity contribution in [1.29, 1.82) is 5.41 Å². The van der Waals surface area contributed by atoms with Crippen LogP contribution in [0.5, 0.6) is 0 Å². The minimum Gasteiger partial charge on any atom is -0.464 e. The van der Waals surface area contributed by atoms with Gasteiger partial charge in [0.25, 0.3) is 0 Å². The van der Waals surface area contributed by atoms with E-state index in [0.29, 0.717) is 6.04 Å². The number of hydrogen-bond acceptors (Lipinski definition) is 5. The Morgan fingerprint density at radius 2 is 2.42 bits per heavy atom. The standard InChI is InChI=1S/C7H11N3O2/c1-12-7(11)6(4-8)10-9-5-2-3-5/h4-5,8-9H,2-3H2,1H3/b8-4?,10-6+. The number of esters is 1. The van der Waals surface area contributed by atoms with E-state index in [1.807, 2.05) is 0 Å². The molecule has 0 aromatic rings. The maximum atomic E-state index is 10.8. The number of hydrogen-bond donors (Lipinski definition) is 2. The number of rotatable bonds is 4. The van der Waals surface area contributed by atoms with Crippen LogP contribution in [0.4, 0.5) is 0 Å². The summed E-state index contributed by atoms with van der Waals surface area (Å²) in [5.41, 5.74) is 2.76. The second-order valence-corrected chi connectivity index (χ2v) is 2.54. The summed E-state index contributed by atoms with van der Waals surface area (Å²) in [5, 5.41) is 10.6. The molecule has 1 fully saturated rings. The molecule has 1 rings (SSSR count). The Hall–Kier alpha value is -1.39. The molecular formula is C7H11N3O2. The van der Waals surface area contributed by atoms with E-state index in [1.54, 1.807) is 0 Å². The lowest BCUT2D eigenvalue weighted by Gasteiger charge is -1.98. The van der Waals surface area contributed by atoms with Crippen molar-refractivity contribution in [3.8, 4) is 0 Å². The Morgan fingerprint density at radius 3 is 2.83 bits per heavy atom. The van der Waals surface area contributed by atoms with Crippen molar-refractivity contribution in [2.75, 3.05) is 7.11 Å². The summed E-state index contributed by atoms with van der Waals surface area (Å²) in [4.78, 5) is 10.8. The van der Waals surface area contributed by atoms with Crippen molar-refractivity contribution >= 4 is 17.9 Å². The van der Waals surface area contributed by atoms with Crippen LogP contribution < -0.4 is 5.43 Å². The monoisotopic (exact) mass is 169 g/mol. The summed E-state index contributed by atoms with van der Waals surface area (Å²) in [6.45, 7) is 0. The van der Waals surface area contributed by atoms with E-state index in [9.17, 15) is 4.79 Å².